The molecule has 5 aromatic rings. The molecule has 0 unspecified atom stereocenters. The van der Waals surface area contributed by atoms with Gasteiger partial charge in [-0.1, -0.05) is 64.3 Å². The van der Waals surface area contributed by atoms with E-state index in [1.54, 1.807) is 18.2 Å². The normalized spacial score (nSPS) is 21.0. The molecule has 222 valence electrons. The van der Waals surface area contributed by atoms with Crippen LogP contribution in [0.15, 0.2) is 59.1 Å². The number of benzene rings is 3. The van der Waals surface area contributed by atoms with Gasteiger partial charge in [-0.05, 0) is 109 Å². The first-order valence-electron chi connectivity index (χ1n) is 18.3. The molecule has 0 N–H and O–H groups in total. The third kappa shape index (κ3) is 5.09. The SMILES string of the molecule is [2H]C1([2H])CCC([2H])([2H])c2c(C3([2H])CCCCC3)ccc(-c3c(F)ccc4c3oc3c(-c5cc(CC(C)(C)C)cc[n+]5C)c(C)ccc34)c21. The van der Waals surface area contributed by atoms with Gasteiger partial charge < -0.3 is 4.42 Å². The quantitative estimate of drug-likeness (QED) is 0.194. The van der Waals surface area contributed by atoms with Gasteiger partial charge in [-0.15, -0.1) is 0 Å². The van der Waals surface area contributed by atoms with Gasteiger partial charge in [-0.25, -0.2) is 8.96 Å². The fraction of sp³-hybridized carbons (Fsp3) is 0.425. The summed E-state index contributed by atoms with van der Waals surface area (Å²) in [4.78, 5) is 0. The number of aromatic nitrogens is 1. The van der Waals surface area contributed by atoms with Crippen molar-refractivity contribution >= 4 is 21.9 Å². The minimum atomic E-state index is -1.92. The highest BCUT2D eigenvalue weighted by Gasteiger charge is 2.28. The maximum absolute atomic E-state index is 16.3. The first-order chi connectivity index (χ1) is 22.5. The average molecular weight is 580 g/mol. The average Bonchev–Trinajstić information content (AvgIpc) is 3.38. The van der Waals surface area contributed by atoms with E-state index in [2.05, 4.69) is 49.7 Å². The summed E-state index contributed by atoms with van der Waals surface area (Å²) in [7, 11) is 2.01. The number of nitrogens with zero attached hydrogens (tertiary/aromatic N) is 1. The Bertz CT molecular complexity index is 2080. The van der Waals surface area contributed by atoms with Gasteiger partial charge in [-0.2, -0.15) is 0 Å². The molecule has 3 heteroatoms. The van der Waals surface area contributed by atoms with Crippen LogP contribution in [0, 0.1) is 18.2 Å². The van der Waals surface area contributed by atoms with E-state index in [1.165, 1.54) is 11.6 Å². The molecule has 7 rings (SSSR count). The summed E-state index contributed by atoms with van der Waals surface area (Å²) in [5.74, 6) is -1.55. The summed E-state index contributed by atoms with van der Waals surface area (Å²) < 4.78 is 71.3. The summed E-state index contributed by atoms with van der Waals surface area (Å²) in [6.45, 7) is 8.71. The Morgan fingerprint density at radius 1 is 0.884 bits per heavy atom. The van der Waals surface area contributed by atoms with E-state index < -0.39 is 24.5 Å². The summed E-state index contributed by atoms with van der Waals surface area (Å²) >= 11 is 0. The Labute approximate surface area is 263 Å². The molecule has 0 aliphatic heterocycles. The van der Waals surface area contributed by atoms with Crippen molar-refractivity contribution in [1.29, 1.82) is 0 Å². The molecule has 0 atom stereocenters. The molecule has 1 fully saturated rings. The Morgan fingerprint density at radius 3 is 2.33 bits per heavy atom. The zero-order valence-electron chi connectivity index (χ0n) is 31.1. The van der Waals surface area contributed by atoms with Gasteiger partial charge in [0.15, 0.2) is 6.20 Å². The minimum absolute atomic E-state index is 0.00475. The number of hydrogen-bond acceptors (Lipinski definition) is 1. The highest BCUT2D eigenvalue weighted by atomic mass is 19.1. The molecular weight excluding hydrogens is 529 g/mol. The van der Waals surface area contributed by atoms with Gasteiger partial charge in [0.25, 0.3) is 0 Å². The van der Waals surface area contributed by atoms with Crippen LogP contribution in [0.1, 0.15) is 106 Å². The molecule has 43 heavy (non-hydrogen) atoms. The number of hydrogen-bond donors (Lipinski definition) is 0. The Hall–Kier alpha value is -3.46. The van der Waals surface area contributed by atoms with Crippen molar-refractivity contribution in [3.63, 3.8) is 0 Å². The molecular formula is C40H45FNO+. The van der Waals surface area contributed by atoms with Crippen molar-refractivity contribution in [2.75, 3.05) is 0 Å². The fourth-order valence-corrected chi connectivity index (χ4v) is 7.23. The van der Waals surface area contributed by atoms with Gasteiger partial charge in [0.2, 0.25) is 5.69 Å². The smallest absolute Gasteiger partial charge is 0.216 e. The van der Waals surface area contributed by atoms with E-state index in [0.717, 1.165) is 53.3 Å². The summed E-state index contributed by atoms with van der Waals surface area (Å²) in [5, 5.41) is 1.56. The lowest BCUT2D eigenvalue weighted by Crippen LogP contribution is -2.31. The second kappa shape index (κ2) is 10.9. The molecule has 0 bridgehead atoms. The summed E-state index contributed by atoms with van der Waals surface area (Å²) in [5.41, 5.74) is 6.60. The Balaban J connectivity index is 1.52. The van der Waals surface area contributed by atoms with Crippen LogP contribution in [0.25, 0.3) is 44.3 Å². The first kappa shape index (κ1) is 23.0. The van der Waals surface area contributed by atoms with E-state index in [4.69, 9.17) is 7.16 Å². The lowest BCUT2D eigenvalue weighted by molar-refractivity contribution is -0.660. The highest BCUT2D eigenvalue weighted by Crippen LogP contribution is 2.46. The predicted octanol–water partition coefficient (Wildman–Crippen LogP) is 10.7. The van der Waals surface area contributed by atoms with Crippen molar-refractivity contribution in [3.05, 3.63) is 88.4 Å². The summed E-state index contributed by atoms with van der Waals surface area (Å²) in [6, 6.07) is 15.1. The molecule has 0 radical (unpaired) electrons. The van der Waals surface area contributed by atoms with Gasteiger partial charge in [0, 0.05) is 29.8 Å². The third-order valence-electron chi connectivity index (χ3n) is 9.21. The van der Waals surface area contributed by atoms with E-state index >= 15 is 4.39 Å². The van der Waals surface area contributed by atoms with Crippen molar-refractivity contribution < 1.29 is 20.2 Å². The first-order valence-corrected chi connectivity index (χ1v) is 15.8. The topological polar surface area (TPSA) is 17.0 Å². The largest absolute Gasteiger partial charge is 0.454 e. The molecule has 0 amide bonds. The zero-order valence-corrected chi connectivity index (χ0v) is 26.1. The molecule has 0 saturated heterocycles. The number of pyridine rings is 1. The van der Waals surface area contributed by atoms with E-state index in [-0.39, 0.29) is 34.9 Å². The molecule has 2 heterocycles. The predicted molar refractivity (Wildman–Crippen MR) is 176 cm³/mol. The molecule has 3 aromatic carbocycles. The van der Waals surface area contributed by atoms with Crippen LogP contribution < -0.4 is 4.57 Å². The monoisotopic (exact) mass is 579 g/mol. The van der Waals surface area contributed by atoms with Crippen LogP contribution in [-0.4, -0.2) is 0 Å². The second-order valence-electron chi connectivity index (χ2n) is 13.7. The Morgan fingerprint density at radius 2 is 1.58 bits per heavy atom. The molecule has 2 aliphatic carbocycles. The number of rotatable bonds is 4. The number of halogens is 1. The van der Waals surface area contributed by atoms with Crippen molar-refractivity contribution in [2.24, 2.45) is 12.5 Å². The Kier molecular flexibility index (Phi) is 5.84. The van der Waals surface area contributed by atoms with Crippen molar-refractivity contribution in [2.45, 2.75) is 97.7 Å². The maximum Gasteiger partial charge on any atom is 0.216 e. The number of aryl methyl sites for hydroxylation is 2. The van der Waals surface area contributed by atoms with Crippen LogP contribution in [-0.2, 0) is 26.2 Å². The number of furan rings is 1. The minimum Gasteiger partial charge on any atom is -0.454 e. The standard InChI is InChI=1S/C40H45FNO/c1-25-15-16-32-33-19-20-34(41)37(31-18-17-28(27-11-7-6-8-12-27)29-13-9-10-14-30(29)31)39(33)43-38(32)36(25)35-23-26(21-22-42(35)5)24-40(2,3)4/h15-23,27H,6-14,24H2,1-5H3/q+1/i13D2,14D2,27D. The molecule has 2 aromatic heterocycles. The van der Waals surface area contributed by atoms with Gasteiger partial charge in [0.05, 0.1) is 11.1 Å². The summed E-state index contributed by atoms with van der Waals surface area (Å²) in [6.07, 6.45) is 3.16. The molecule has 1 saturated carbocycles. The van der Waals surface area contributed by atoms with Crippen molar-refractivity contribution in [1.82, 2.24) is 0 Å². The lowest BCUT2D eigenvalue weighted by atomic mass is 9.76. The zero-order chi connectivity index (χ0) is 34.4. The van der Waals surface area contributed by atoms with Crippen LogP contribution in [0.5, 0.6) is 0 Å². The molecule has 0 spiro atoms. The van der Waals surface area contributed by atoms with Gasteiger partial charge in [-0.3, -0.25) is 0 Å². The molecule has 2 aliphatic rings. The van der Waals surface area contributed by atoms with Gasteiger partial charge in [0.1, 0.15) is 24.0 Å². The van der Waals surface area contributed by atoms with E-state index in [0.29, 0.717) is 35.1 Å². The van der Waals surface area contributed by atoms with Crippen LogP contribution in [0.4, 0.5) is 4.39 Å². The fourth-order valence-electron chi connectivity index (χ4n) is 7.23. The maximum atomic E-state index is 16.3. The third-order valence-corrected chi connectivity index (χ3v) is 9.21. The van der Waals surface area contributed by atoms with Crippen LogP contribution in [0.2, 0.25) is 0 Å². The van der Waals surface area contributed by atoms with Crippen LogP contribution >= 0.6 is 0 Å². The lowest BCUT2D eigenvalue weighted by Gasteiger charge is -2.29. The van der Waals surface area contributed by atoms with Crippen molar-refractivity contribution in [3.8, 4) is 22.4 Å². The second-order valence-corrected chi connectivity index (χ2v) is 13.7. The van der Waals surface area contributed by atoms with Crippen LogP contribution in [0.3, 0.4) is 0 Å². The van der Waals surface area contributed by atoms with E-state index in [9.17, 15) is 4.11 Å². The highest BCUT2D eigenvalue weighted by molar-refractivity contribution is 6.13. The van der Waals surface area contributed by atoms with E-state index in [1.807, 2.05) is 20.0 Å². The van der Waals surface area contributed by atoms with Gasteiger partial charge >= 0.3 is 0 Å². The number of fused-ring (bicyclic) bond motifs is 4. The molecule has 2 nitrogen and oxygen atoms in total.